The Labute approximate surface area is 92.8 Å². The molecule has 15 heavy (non-hydrogen) atoms. The van der Waals surface area contributed by atoms with Crippen molar-refractivity contribution < 1.29 is 4.79 Å². The number of hydrogen-bond donors (Lipinski definition) is 2. The largest absolute Gasteiger partial charge is 0.372 e. The van der Waals surface area contributed by atoms with Gasteiger partial charge in [0.2, 0.25) is 5.91 Å². The van der Waals surface area contributed by atoms with E-state index < -0.39 is 0 Å². The average Bonchev–Trinajstić information content (AvgIpc) is 3.00. The minimum absolute atomic E-state index is 0.0568. The van der Waals surface area contributed by atoms with Gasteiger partial charge in [-0.2, -0.15) is 0 Å². The van der Waals surface area contributed by atoms with Gasteiger partial charge < -0.3 is 10.6 Å². The molecule has 0 bridgehead atoms. The van der Waals surface area contributed by atoms with Gasteiger partial charge in [0.15, 0.2) is 0 Å². The van der Waals surface area contributed by atoms with Crippen molar-refractivity contribution in [3.63, 3.8) is 0 Å². The summed E-state index contributed by atoms with van der Waals surface area (Å²) in [7, 11) is 0. The van der Waals surface area contributed by atoms with Crippen LogP contribution in [-0.4, -0.2) is 11.9 Å². The van der Waals surface area contributed by atoms with Crippen LogP contribution in [0.15, 0.2) is 18.2 Å². The standard InChI is InChI=1S/C11H11ClN2O/c12-7-3-4-8-9(5-7)14-11(15)10(13-8)6-1-2-6/h3-6,10,13H,1-2H2,(H,14,15). The van der Waals surface area contributed by atoms with Crippen molar-refractivity contribution in [1.82, 2.24) is 0 Å². The third kappa shape index (κ3) is 1.57. The predicted octanol–water partition coefficient (Wildman–Crippen LogP) is 2.48. The summed E-state index contributed by atoms with van der Waals surface area (Å²) < 4.78 is 0. The molecule has 78 valence electrons. The summed E-state index contributed by atoms with van der Waals surface area (Å²) >= 11 is 5.86. The Morgan fingerprint density at radius 2 is 2.07 bits per heavy atom. The summed E-state index contributed by atoms with van der Waals surface area (Å²) in [6.45, 7) is 0. The van der Waals surface area contributed by atoms with Crippen LogP contribution in [0, 0.1) is 5.92 Å². The minimum Gasteiger partial charge on any atom is -0.372 e. The van der Waals surface area contributed by atoms with Gasteiger partial charge >= 0.3 is 0 Å². The SMILES string of the molecule is O=C1Nc2cc(Cl)ccc2NC1C1CC1. The van der Waals surface area contributed by atoms with E-state index in [1.165, 1.54) is 0 Å². The Hall–Kier alpha value is -1.22. The number of hydrogen-bond acceptors (Lipinski definition) is 2. The van der Waals surface area contributed by atoms with E-state index >= 15 is 0 Å². The quantitative estimate of drug-likeness (QED) is 0.767. The maximum absolute atomic E-state index is 11.7. The molecule has 4 heteroatoms. The lowest BCUT2D eigenvalue weighted by Crippen LogP contribution is -2.40. The van der Waals surface area contributed by atoms with Crippen LogP contribution < -0.4 is 10.6 Å². The van der Waals surface area contributed by atoms with Gasteiger partial charge in [-0.05, 0) is 37.0 Å². The van der Waals surface area contributed by atoms with E-state index in [4.69, 9.17) is 11.6 Å². The first-order chi connectivity index (χ1) is 7.24. The number of amides is 1. The van der Waals surface area contributed by atoms with E-state index in [2.05, 4.69) is 10.6 Å². The molecule has 1 fully saturated rings. The van der Waals surface area contributed by atoms with Crippen molar-refractivity contribution in [2.75, 3.05) is 10.6 Å². The molecule has 2 aliphatic rings. The fourth-order valence-corrected chi connectivity index (χ4v) is 2.12. The molecule has 0 radical (unpaired) electrons. The molecule has 1 heterocycles. The Balaban J connectivity index is 1.94. The van der Waals surface area contributed by atoms with Crippen molar-refractivity contribution in [1.29, 1.82) is 0 Å². The molecule has 0 saturated heterocycles. The molecule has 1 aromatic carbocycles. The van der Waals surface area contributed by atoms with E-state index in [0.29, 0.717) is 10.9 Å². The summed E-state index contributed by atoms with van der Waals surface area (Å²) in [6.07, 6.45) is 2.29. The molecule has 1 saturated carbocycles. The van der Waals surface area contributed by atoms with Crippen LogP contribution in [0.25, 0.3) is 0 Å². The second kappa shape index (κ2) is 3.14. The lowest BCUT2D eigenvalue weighted by Gasteiger charge is -2.26. The molecule has 0 aromatic heterocycles. The van der Waals surface area contributed by atoms with E-state index in [1.54, 1.807) is 6.07 Å². The normalized spacial score (nSPS) is 24.1. The molecule has 1 aromatic rings. The molecule has 3 rings (SSSR count). The van der Waals surface area contributed by atoms with E-state index in [0.717, 1.165) is 24.2 Å². The average molecular weight is 223 g/mol. The van der Waals surface area contributed by atoms with Crippen molar-refractivity contribution in [3.05, 3.63) is 23.2 Å². The lowest BCUT2D eigenvalue weighted by atomic mass is 10.1. The number of fused-ring (bicyclic) bond motifs is 1. The zero-order valence-electron chi connectivity index (χ0n) is 8.09. The highest BCUT2D eigenvalue weighted by molar-refractivity contribution is 6.31. The van der Waals surface area contributed by atoms with Crippen LogP contribution in [0.5, 0.6) is 0 Å². The smallest absolute Gasteiger partial charge is 0.247 e. The van der Waals surface area contributed by atoms with Crippen LogP contribution in [0.2, 0.25) is 5.02 Å². The maximum Gasteiger partial charge on any atom is 0.247 e. The molecule has 1 aliphatic heterocycles. The van der Waals surface area contributed by atoms with Gasteiger partial charge in [-0.25, -0.2) is 0 Å². The predicted molar refractivity (Wildman–Crippen MR) is 60.2 cm³/mol. The Morgan fingerprint density at radius 3 is 2.80 bits per heavy atom. The lowest BCUT2D eigenvalue weighted by molar-refractivity contribution is -0.117. The topological polar surface area (TPSA) is 41.1 Å². The summed E-state index contributed by atoms with van der Waals surface area (Å²) in [4.78, 5) is 11.7. The van der Waals surface area contributed by atoms with Crippen LogP contribution in [0.4, 0.5) is 11.4 Å². The fraction of sp³-hybridized carbons (Fsp3) is 0.364. The van der Waals surface area contributed by atoms with Gasteiger partial charge in [-0.3, -0.25) is 4.79 Å². The van der Waals surface area contributed by atoms with Crippen LogP contribution in [0.1, 0.15) is 12.8 Å². The van der Waals surface area contributed by atoms with Gasteiger partial charge in [-0.1, -0.05) is 11.6 Å². The van der Waals surface area contributed by atoms with Crippen LogP contribution in [-0.2, 0) is 4.79 Å². The monoisotopic (exact) mass is 222 g/mol. The second-order valence-electron chi connectivity index (χ2n) is 4.14. The number of halogens is 1. The Morgan fingerprint density at radius 1 is 1.27 bits per heavy atom. The molecule has 1 atom stereocenters. The first-order valence-corrected chi connectivity index (χ1v) is 5.49. The summed E-state index contributed by atoms with van der Waals surface area (Å²) in [5.41, 5.74) is 1.75. The molecule has 1 unspecified atom stereocenters. The van der Waals surface area contributed by atoms with Crippen LogP contribution >= 0.6 is 11.6 Å². The van der Waals surface area contributed by atoms with E-state index in [9.17, 15) is 4.79 Å². The van der Waals surface area contributed by atoms with Crippen molar-refractivity contribution in [2.45, 2.75) is 18.9 Å². The Kier molecular flexibility index (Phi) is 1.89. The summed E-state index contributed by atoms with van der Waals surface area (Å²) in [5, 5.41) is 6.79. The Bertz CT molecular complexity index is 429. The number of carbonyl (C=O) groups excluding carboxylic acids is 1. The number of nitrogens with one attached hydrogen (secondary N) is 2. The number of benzene rings is 1. The third-order valence-corrected chi connectivity index (χ3v) is 3.16. The maximum atomic E-state index is 11.7. The van der Waals surface area contributed by atoms with Gasteiger partial charge in [0, 0.05) is 5.02 Å². The molecule has 1 amide bonds. The van der Waals surface area contributed by atoms with Gasteiger partial charge in [0.25, 0.3) is 0 Å². The zero-order chi connectivity index (χ0) is 10.4. The highest BCUT2D eigenvalue weighted by atomic mass is 35.5. The van der Waals surface area contributed by atoms with Gasteiger partial charge in [-0.15, -0.1) is 0 Å². The van der Waals surface area contributed by atoms with Crippen LogP contribution in [0.3, 0.4) is 0 Å². The van der Waals surface area contributed by atoms with Gasteiger partial charge in [0.05, 0.1) is 11.4 Å². The molecule has 0 spiro atoms. The molecule has 1 aliphatic carbocycles. The van der Waals surface area contributed by atoms with Crippen molar-refractivity contribution >= 4 is 28.9 Å². The molecular weight excluding hydrogens is 212 g/mol. The number of carbonyl (C=O) groups is 1. The van der Waals surface area contributed by atoms with Crippen molar-refractivity contribution in [2.24, 2.45) is 5.92 Å². The third-order valence-electron chi connectivity index (χ3n) is 2.93. The van der Waals surface area contributed by atoms with E-state index in [1.807, 2.05) is 12.1 Å². The zero-order valence-corrected chi connectivity index (χ0v) is 8.84. The number of anilines is 2. The van der Waals surface area contributed by atoms with E-state index in [-0.39, 0.29) is 11.9 Å². The number of rotatable bonds is 1. The van der Waals surface area contributed by atoms with Crippen molar-refractivity contribution in [3.8, 4) is 0 Å². The molecule has 3 nitrogen and oxygen atoms in total. The summed E-state index contributed by atoms with van der Waals surface area (Å²) in [5.74, 6) is 0.570. The highest BCUT2D eigenvalue weighted by Crippen LogP contribution is 2.39. The first-order valence-electron chi connectivity index (χ1n) is 5.11. The molecular formula is C11H11ClN2O. The second-order valence-corrected chi connectivity index (χ2v) is 4.58. The highest BCUT2D eigenvalue weighted by Gasteiger charge is 2.38. The first kappa shape index (κ1) is 9.04. The summed E-state index contributed by atoms with van der Waals surface area (Å²) in [6, 6.07) is 5.45. The fourth-order valence-electron chi connectivity index (χ4n) is 1.95. The molecule has 2 N–H and O–H groups in total. The minimum atomic E-state index is -0.0568. The van der Waals surface area contributed by atoms with Gasteiger partial charge in [0.1, 0.15) is 6.04 Å².